The molecule has 180 valence electrons. The van der Waals surface area contributed by atoms with Crippen LogP contribution in [0.1, 0.15) is 59.1 Å². The first-order chi connectivity index (χ1) is 15.4. The molecule has 0 aliphatic rings. The number of amides is 2. The van der Waals surface area contributed by atoms with Gasteiger partial charge in [0, 0.05) is 28.2 Å². The number of rotatable bonds is 9. The molecule has 0 bridgehead atoms. The van der Waals surface area contributed by atoms with Crippen molar-refractivity contribution in [2.45, 2.75) is 72.0 Å². The van der Waals surface area contributed by atoms with Crippen LogP contribution >= 0.6 is 23.2 Å². The van der Waals surface area contributed by atoms with Gasteiger partial charge in [0.25, 0.3) is 5.91 Å². The van der Waals surface area contributed by atoms with E-state index in [2.05, 4.69) is 26.1 Å². The highest BCUT2D eigenvalue weighted by Gasteiger charge is 2.28. The molecule has 2 aromatic rings. The van der Waals surface area contributed by atoms with Crippen molar-refractivity contribution in [3.63, 3.8) is 0 Å². The third-order valence-corrected chi connectivity index (χ3v) is 6.35. The van der Waals surface area contributed by atoms with Gasteiger partial charge in [0.15, 0.2) is 6.61 Å². The van der Waals surface area contributed by atoms with Crippen LogP contribution in [-0.4, -0.2) is 35.4 Å². The fourth-order valence-electron chi connectivity index (χ4n) is 3.18. The van der Waals surface area contributed by atoms with Crippen LogP contribution in [0.5, 0.6) is 5.75 Å². The molecule has 2 unspecified atom stereocenters. The van der Waals surface area contributed by atoms with Crippen LogP contribution in [-0.2, 0) is 21.5 Å². The first kappa shape index (κ1) is 27.0. The zero-order chi connectivity index (χ0) is 24.8. The van der Waals surface area contributed by atoms with Gasteiger partial charge in [-0.25, -0.2) is 0 Å². The Labute approximate surface area is 207 Å². The van der Waals surface area contributed by atoms with Crippen LogP contribution in [0.15, 0.2) is 42.5 Å². The Hall–Kier alpha value is -2.24. The Morgan fingerprint density at radius 3 is 2.12 bits per heavy atom. The summed E-state index contributed by atoms with van der Waals surface area (Å²) in [7, 11) is 0. The molecular weight excluding hydrogens is 459 g/mol. The second-order valence-electron chi connectivity index (χ2n) is 9.28. The molecular formula is C26H34Cl2N2O3. The normalized spacial score (nSPS) is 13.2. The van der Waals surface area contributed by atoms with Crippen molar-refractivity contribution < 1.29 is 14.3 Å². The number of nitrogens with one attached hydrogen (secondary N) is 1. The van der Waals surface area contributed by atoms with E-state index >= 15 is 0 Å². The van der Waals surface area contributed by atoms with Crippen molar-refractivity contribution in [2.75, 3.05) is 6.61 Å². The molecule has 0 aromatic heterocycles. The minimum atomic E-state index is -0.731. The van der Waals surface area contributed by atoms with E-state index in [0.717, 1.165) is 6.42 Å². The quantitative estimate of drug-likeness (QED) is 0.466. The van der Waals surface area contributed by atoms with E-state index in [1.807, 2.05) is 38.1 Å². The molecule has 2 aromatic carbocycles. The van der Waals surface area contributed by atoms with Gasteiger partial charge >= 0.3 is 0 Å². The van der Waals surface area contributed by atoms with Crippen LogP contribution in [0.3, 0.4) is 0 Å². The molecule has 33 heavy (non-hydrogen) atoms. The number of hydrogen-bond acceptors (Lipinski definition) is 3. The van der Waals surface area contributed by atoms with Crippen molar-refractivity contribution in [3.05, 3.63) is 63.6 Å². The summed E-state index contributed by atoms with van der Waals surface area (Å²) in [5, 5.41) is 3.81. The Kier molecular flexibility index (Phi) is 9.62. The second-order valence-corrected chi connectivity index (χ2v) is 10.1. The molecule has 0 saturated heterocycles. The standard InChI is InChI=1S/C26H34Cl2N2O3/c1-7-17(2)29-25(32)18(3)30(15-21-22(27)9-8-10-23(21)28)24(31)16-33-20-13-11-19(12-14-20)26(4,5)6/h8-14,17-18H,7,15-16H2,1-6H3,(H,29,32). The van der Waals surface area contributed by atoms with Crippen molar-refractivity contribution in [1.29, 1.82) is 0 Å². The molecule has 0 heterocycles. The maximum Gasteiger partial charge on any atom is 0.261 e. The Bertz CT molecular complexity index is 935. The SMILES string of the molecule is CCC(C)NC(=O)C(C)N(Cc1c(Cl)cccc1Cl)C(=O)COc1ccc(C(C)(C)C)cc1. The van der Waals surface area contributed by atoms with Gasteiger partial charge in [0.1, 0.15) is 11.8 Å². The van der Waals surface area contributed by atoms with Gasteiger partial charge in [0.05, 0.1) is 0 Å². The first-order valence-electron chi connectivity index (χ1n) is 11.2. The fourth-order valence-corrected chi connectivity index (χ4v) is 3.70. The number of ether oxygens (including phenoxy) is 1. The predicted molar refractivity (Wildman–Crippen MR) is 135 cm³/mol. The average Bonchev–Trinajstić information content (AvgIpc) is 2.76. The van der Waals surface area contributed by atoms with Crippen molar-refractivity contribution in [3.8, 4) is 5.75 Å². The minimum Gasteiger partial charge on any atom is -0.484 e. The highest BCUT2D eigenvalue weighted by atomic mass is 35.5. The molecule has 1 N–H and O–H groups in total. The summed E-state index contributed by atoms with van der Waals surface area (Å²) in [5.74, 6) is 0.0110. The maximum atomic E-state index is 13.2. The van der Waals surface area contributed by atoms with Gasteiger partial charge in [-0.15, -0.1) is 0 Å². The minimum absolute atomic E-state index is 0.00150. The highest BCUT2D eigenvalue weighted by Crippen LogP contribution is 2.27. The first-order valence-corrected chi connectivity index (χ1v) is 12.0. The van der Waals surface area contributed by atoms with E-state index in [9.17, 15) is 9.59 Å². The molecule has 0 radical (unpaired) electrons. The second kappa shape index (κ2) is 11.8. The van der Waals surface area contributed by atoms with E-state index in [1.54, 1.807) is 25.1 Å². The lowest BCUT2D eigenvalue weighted by molar-refractivity contribution is -0.142. The summed E-state index contributed by atoms with van der Waals surface area (Å²) < 4.78 is 5.76. The van der Waals surface area contributed by atoms with E-state index in [4.69, 9.17) is 27.9 Å². The molecule has 2 amide bonds. The lowest BCUT2D eigenvalue weighted by atomic mass is 9.87. The average molecular weight is 493 g/mol. The molecule has 0 spiro atoms. The van der Waals surface area contributed by atoms with Gasteiger partial charge in [0.2, 0.25) is 5.91 Å². The molecule has 0 fully saturated rings. The summed E-state index contributed by atoms with van der Waals surface area (Å²) in [6, 6.07) is 12.1. The number of benzene rings is 2. The van der Waals surface area contributed by atoms with Crippen LogP contribution in [0.2, 0.25) is 10.0 Å². The van der Waals surface area contributed by atoms with Gasteiger partial charge in [-0.05, 0) is 55.5 Å². The number of carbonyl (C=O) groups is 2. The zero-order valence-corrected chi connectivity index (χ0v) is 21.8. The Morgan fingerprint density at radius 2 is 1.61 bits per heavy atom. The maximum absolute atomic E-state index is 13.2. The molecule has 0 saturated carbocycles. The third-order valence-electron chi connectivity index (χ3n) is 5.64. The Balaban J connectivity index is 2.20. The molecule has 0 aliphatic heterocycles. The van der Waals surface area contributed by atoms with E-state index in [-0.39, 0.29) is 36.4 Å². The Morgan fingerprint density at radius 1 is 1.03 bits per heavy atom. The number of nitrogens with zero attached hydrogens (tertiary/aromatic N) is 1. The van der Waals surface area contributed by atoms with Gasteiger partial charge < -0.3 is 15.0 Å². The molecule has 0 aliphatic carbocycles. The van der Waals surface area contributed by atoms with Gasteiger partial charge in [-0.1, -0.05) is 69.1 Å². The van der Waals surface area contributed by atoms with Crippen LogP contribution in [0.25, 0.3) is 0 Å². The zero-order valence-electron chi connectivity index (χ0n) is 20.2. The lowest BCUT2D eigenvalue weighted by Gasteiger charge is -2.30. The monoisotopic (exact) mass is 492 g/mol. The van der Waals surface area contributed by atoms with Crippen molar-refractivity contribution >= 4 is 35.0 Å². The predicted octanol–water partition coefficient (Wildman–Crippen LogP) is 6.00. The summed E-state index contributed by atoms with van der Waals surface area (Å²) >= 11 is 12.7. The summed E-state index contributed by atoms with van der Waals surface area (Å²) in [4.78, 5) is 27.5. The number of hydrogen-bond donors (Lipinski definition) is 1. The van der Waals surface area contributed by atoms with Crippen LogP contribution in [0.4, 0.5) is 0 Å². The van der Waals surface area contributed by atoms with Gasteiger partial charge in [-0.2, -0.15) is 0 Å². The van der Waals surface area contributed by atoms with E-state index < -0.39 is 6.04 Å². The van der Waals surface area contributed by atoms with Crippen molar-refractivity contribution in [1.82, 2.24) is 10.2 Å². The summed E-state index contributed by atoms with van der Waals surface area (Å²) in [6.45, 7) is 11.9. The van der Waals surface area contributed by atoms with Crippen LogP contribution in [0, 0.1) is 0 Å². The van der Waals surface area contributed by atoms with E-state index in [0.29, 0.717) is 21.4 Å². The smallest absolute Gasteiger partial charge is 0.261 e. The fraction of sp³-hybridized carbons (Fsp3) is 0.462. The van der Waals surface area contributed by atoms with Crippen molar-refractivity contribution in [2.24, 2.45) is 0 Å². The largest absolute Gasteiger partial charge is 0.484 e. The number of halogens is 2. The lowest BCUT2D eigenvalue weighted by Crippen LogP contribution is -2.50. The summed E-state index contributed by atoms with van der Waals surface area (Å²) in [5.41, 5.74) is 1.79. The summed E-state index contributed by atoms with van der Waals surface area (Å²) in [6.07, 6.45) is 0.788. The van der Waals surface area contributed by atoms with Gasteiger partial charge in [-0.3, -0.25) is 9.59 Å². The molecule has 2 atom stereocenters. The third kappa shape index (κ3) is 7.65. The molecule has 2 rings (SSSR count). The highest BCUT2D eigenvalue weighted by molar-refractivity contribution is 6.36. The van der Waals surface area contributed by atoms with Crippen LogP contribution < -0.4 is 10.1 Å². The molecule has 7 heteroatoms. The molecule has 5 nitrogen and oxygen atoms in total. The number of carbonyl (C=O) groups excluding carboxylic acids is 2. The topological polar surface area (TPSA) is 58.6 Å². The van der Waals surface area contributed by atoms with E-state index in [1.165, 1.54) is 10.5 Å².